The lowest BCUT2D eigenvalue weighted by molar-refractivity contribution is -0.384. The highest BCUT2D eigenvalue weighted by Crippen LogP contribution is 2.35. The number of nitro benzene ring substituents is 1. The van der Waals surface area contributed by atoms with Gasteiger partial charge in [-0.05, 0) is 73.2 Å². The van der Waals surface area contributed by atoms with Crippen LogP contribution in [0.3, 0.4) is 0 Å². The molecule has 5 aromatic rings. The van der Waals surface area contributed by atoms with Crippen molar-refractivity contribution in [1.29, 1.82) is 0 Å². The van der Waals surface area contributed by atoms with E-state index in [1.54, 1.807) is 43.3 Å². The van der Waals surface area contributed by atoms with Gasteiger partial charge in [0.2, 0.25) is 0 Å². The first-order valence-electron chi connectivity index (χ1n) is 13.4. The van der Waals surface area contributed by atoms with E-state index in [4.69, 9.17) is 21.1 Å². The van der Waals surface area contributed by atoms with Crippen LogP contribution in [0.1, 0.15) is 42.9 Å². The summed E-state index contributed by atoms with van der Waals surface area (Å²) >= 11 is 7.71. The first kappa shape index (κ1) is 30.9. The number of benzene rings is 4. The molecule has 2 N–H and O–H groups in total. The molecule has 0 aliphatic carbocycles. The largest absolute Gasteiger partial charge is 0.490 e. The second-order valence-corrected chi connectivity index (χ2v) is 10.7. The molecule has 4 aromatic carbocycles. The van der Waals surface area contributed by atoms with Crippen molar-refractivity contribution in [2.75, 3.05) is 11.9 Å². The minimum absolute atomic E-state index is 0.132. The number of hydrazone groups is 1. The molecular weight excluding hydrogens is 620 g/mol. The number of ether oxygens (including phenoxy) is 2. The summed E-state index contributed by atoms with van der Waals surface area (Å²) in [6, 6.07) is 23.5. The lowest BCUT2D eigenvalue weighted by Crippen LogP contribution is -2.17. The Morgan fingerprint density at radius 1 is 0.933 bits per heavy atom. The van der Waals surface area contributed by atoms with E-state index in [1.165, 1.54) is 47.9 Å². The van der Waals surface area contributed by atoms with Crippen LogP contribution in [0.5, 0.6) is 11.5 Å². The van der Waals surface area contributed by atoms with Crippen molar-refractivity contribution in [3.8, 4) is 11.5 Å². The first-order valence-corrected chi connectivity index (χ1v) is 14.6. The van der Waals surface area contributed by atoms with Gasteiger partial charge in [-0.15, -0.1) is 11.3 Å². The fourth-order valence-corrected chi connectivity index (χ4v) is 5.53. The molecule has 1 aromatic heterocycles. The molecule has 0 saturated carbocycles. The fourth-order valence-electron chi connectivity index (χ4n) is 4.12. The molecule has 0 aliphatic rings. The quantitative estimate of drug-likeness (QED) is 0.0542. The third-order valence-corrected chi connectivity index (χ3v) is 7.98. The van der Waals surface area contributed by atoms with Gasteiger partial charge in [0.25, 0.3) is 17.5 Å². The van der Waals surface area contributed by atoms with Gasteiger partial charge in [0.1, 0.15) is 4.88 Å². The van der Waals surface area contributed by atoms with Crippen molar-refractivity contribution in [3.05, 3.63) is 128 Å². The molecule has 0 unspecified atom stereocenters. The van der Waals surface area contributed by atoms with Crippen LogP contribution in [0.25, 0.3) is 10.1 Å². The Labute approximate surface area is 265 Å². The summed E-state index contributed by atoms with van der Waals surface area (Å²) in [6.07, 6.45) is 1.39. The molecule has 0 bridgehead atoms. The number of nitrogens with one attached hydrogen (secondary N) is 2. The highest BCUT2D eigenvalue weighted by atomic mass is 35.5. The Balaban J connectivity index is 1.19. The van der Waals surface area contributed by atoms with E-state index >= 15 is 0 Å². The summed E-state index contributed by atoms with van der Waals surface area (Å²) in [5.74, 6) is -1.13. The van der Waals surface area contributed by atoms with Gasteiger partial charge in [-0.3, -0.25) is 19.7 Å². The highest BCUT2D eigenvalue weighted by Gasteiger charge is 2.18. The van der Waals surface area contributed by atoms with E-state index in [0.29, 0.717) is 26.7 Å². The lowest BCUT2D eigenvalue weighted by Gasteiger charge is -2.11. The van der Waals surface area contributed by atoms with Gasteiger partial charge in [0, 0.05) is 33.5 Å². The number of nitro groups is 1. The Morgan fingerprint density at radius 3 is 2.33 bits per heavy atom. The standard InChI is InChI=1S/C32H23ClN4O7S/c1-2-43-26-17-19(7-16-25(26)44-32(40)21-10-14-23(15-11-21)37(41)42)18-34-36-30(38)20-8-12-22(13-9-20)35-31(39)29-28(33)24-5-3-4-6-27(24)45-29/h3-18H,2H2,1H3,(H,35,39)(H,36,38)/b34-18-. The van der Waals surface area contributed by atoms with E-state index < -0.39 is 16.8 Å². The second-order valence-electron chi connectivity index (χ2n) is 9.30. The van der Waals surface area contributed by atoms with Crippen molar-refractivity contribution in [2.24, 2.45) is 5.10 Å². The molecule has 0 radical (unpaired) electrons. The van der Waals surface area contributed by atoms with E-state index in [9.17, 15) is 24.5 Å². The minimum Gasteiger partial charge on any atom is -0.490 e. The van der Waals surface area contributed by atoms with Gasteiger partial charge in [-0.1, -0.05) is 29.8 Å². The van der Waals surface area contributed by atoms with Crippen molar-refractivity contribution in [3.63, 3.8) is 0 Å². The summed E-state index contributed by atoms with van der Waals surface area (Å²) in [6.45, 7) is 2.05. The summed E-state index contributed by atoms with van der Waals surface area (Å²) in [5, 5.41) is 18.8. The van der Waals surface area contributed by atoms with Gasteiger partial charge < -0.3 is 14.8 Å². The number of esters is 1. The predicted molar refractivity (Wildman–Crippen MR) is 172 cm³/mol. The molecule has 0 atom stereocenters. The number of halogens is 1. The van der Waals surface area contributed by atoms with Crippen molar-refractivity contribution >= 4 is 68.4 Å². The average molecular weight is 643 g/mol. The van der Waals surface area contributed by atoms with Gasteiger partial charge in [0.05, 0.1) is 28.3 Å². The van der Waals surface area contributed by atoms with Crippen molar-refractivity contribution < 1.29 is 28.8 Å². The molecule has 0 aliphatic heterocycles. The second kappa shape index (κ2) is 13.8. The molecule has 45 heavy (non-hydrogen) atoms. The zero-order valence-electron chi connectivity index (χ0n) is 23.5. The fraction of sp³-hybridized carbons (Fsp3) is 0.0625. The monoisotopic (exact) mass is 642 g/mol. The number of amides is 2. The topological polar surface area (TPSA) is 149 Å². The van der Waals surface area contributed by atoms with Gasteiger partial charge in [-0.25, -0.2) is 10.2 Å². The first-order chi connectivity index (χ1) is 21.7. The summed E-state index contributed by atoms with van der Waals surface area (Å²) in [4.78, 5) is 48.7. The number of hydrogen-bond donors (Lipinski definition) is 2. The molecule has 0 saturated heterocycles. The van der Waals surface area contributed by atoms with Crippen LogP contribution in [0.2, 0.25) is 5.02 Å². The number of fused-ring (bicyclic) bond motifs is 1. The number of carbonyl (C=O) groups excluding carboxylic acids is 3. The molecule has 2 amide bonds. The average Bonchev–Trinajstić information content (AvgIpc) is 3.39. The SMILES string of the molecule is CCOc1cc(/C=N\NC(=O)c2ccc(NC(=O)c3sc4ccccc4c3Cl)cc2)ccc1OC(=O)c1ccc([N+](=O)[O-])cc1. The molecule has 5 rings (SSSR count). The zero-order chi connectivity index (χ0) is 31.9. The van der Waals surface area contributed by atoms with Crippen LogP contribution < -0.4 is 20.2 Å². The van der Waals surface area contributed by atoms with Crippen LogP contribution in [0.15, 0.2) is 96.1 Å². The van der Waals surface area contributed by atoms with Crippen molar-refractivity contribution in [2.45, 2.75) is 6.92 Å². The number of thiophene rings is 1. The Hall–Kier alpha value is -5.59. The Kier molecular flexibility index (Phi) is 9.46. The maximum Gasteiger partial charge on any atom is 0.343 e. The molecule has 0 fully saturated rings. The third-order valence-electron chi connectivity index (χ3n) is 6.31. The number of anilines is 1. The van der Waals surface area contributed by atoms with Crippen LogP contribution in [-0.4, -0.2) is 35.5 Å². The zero-order valence-corrected chi connectivity index (χ0v) is 25.1. The summed E-state index contributed by atoms with van der Waals surface area (Å²) in [7, 11) is 0. The number of hydrogen-bond acceptors (Lipinski definition) is 9. The molecule has 0 spiro atoms. The van der Waals surface area contributed by atoms with Crippen LogP contribution in [-0.2, 0) is 0 Å². The Bertz CT molecular complexity index is 1940. The van der Waals surface area contributed by atoms with Gasteiger partial charge in [-0.2, -0.15) is 5.10 Å². The van der Waals surface area contributed by atoms with Crippen molar-refractivity contribution in [1.82, 2.24) is 5.43 Å². The number of rotatable bonds is 10. The number of non-ortho nitro benzene ring substituents is 1. The van der Waals surface area contributed by atoms with Crippen LogP contribution >= 0.6 is 22.9 Å². The van der Waals surface area contributed by atoms with E-state index in [1.807, 2.05) is 24.3 Å². The van der Waals surface area contributed by atoms with Gasteiger partial charge in [0.15, 0.2) is 11.5 Å². The summed E-state index contributed by atoms with van der Waals surface area (Å²) < 4.78 is 11.9. The predicted octanol–water partition coefficient (Wildman–Crippen LogP) is 7.10. The third kappa shape index (κ3) is 7.32. The van der Waals surface area contributed by atoms with E-state index in [0.717, 1.165) is 10.1 Å². The molecule has 11 nitrogen and oxygen atoms in total. The lowest BCUT2D eigenvalue weighted by atomic mass is 10.2. The molecule has 1 heterocycles. The van der Waals surface area contributed by atoms with Gasteiger partial charge >= 0.3 is 5.97 Å². The maximum absolute atomic E-state index is 12.8. The van der Waals surface area contributed by atoms with E-state index in [-0.39, 0.29) is 35.3 Å². The smallest absolute Gasteiger partial charge is 0.343 e. The van der Waals surface area contributed by atoms with E-state index in [2.05, 4.69) is 15.8 Å². The molecular formula is C32H23ClN4O7S. The number of nitrogens with zero attached hydrogens (tertiary/aromatic N) is 2. The van der Waals surface area contributed by atoms with Crippen LogP contribution in [0, 0.1) is 10.1 Å². The van der Waals surface area contributed by atoms with Crippen LogP contribution in [0.4, 0.5) is 11.4 Å². The summed E-state index contributed by atoms with van der Waals surface area (Å²) in [5.41, 5.74) is 3.78. The molecule has 13 heteroatoms. The maximum atomic E-state index is 12.8. The normalized spacial score (nSPS) is 10.9. The highest BCUT2D eigenvalue weighted by molar-refractivity contribution is 7.21. The minimum atomic E-state index is -0.714. The Morgan fingerprint density at radius 2 is 1.64 bits per heavy atom. The molecule has 226 valence electrons. The number of carbonyl (C=O) groups is 3.